The largest absolute Gasteiger partial charge is 0.481 e. The van der Waals surface area contributed by atoms with Crippen molar-refractivity contribution in [3.8, 4) is 0 Å². The fraction of sp³-hybridized carbons (Fsp3) is 0.533. The van der Waals surface area contributed by atoms with E-state index in [1.807, 2.05) is 45.0 Å². The average Bonchev–Trinajstić information content (AvgIpc) is 2.15. The van der Waals surface area contributed by atoms with Gasteiger partial charge >= 0.3 is 5.97 Å². The second-order valence-corrected chi connectivity index (χ2v) is 5.96. The standard InChI is InChI=1S/C15H22O2/c1-10(2)11-6-8-12(9-7-11)13(14(16)17)15(3,4)5/h6-10,13H,1-5H3,(H,16,17). The summed E-state index contributed by atoms with van der Waals surface area (Å²) in [5.41, 5.74) is 1.85. The molecule has 1 rings (SSSR count). The Morgan fingerprint density at radius 3 is 1.76 bits per heavy atom. The Hall–Kier alpha value is -1.31. The van der Waals surface area contributed by atoms with Crippen LogP contribution in [0.5, 0.6) is 0 Å². The van der Waals surface area contributed by atoms with Crippen LogP contribution in [0.15, 0.2) is 24.3 Å². The fourth-order valence-corrected chi connectivity index (χ4v) is 2.09. The van der Waals surface area contributed by atoms with E-state index in [0.29, 0.717) is 5.92 Å². The van der Waals surface area contributed by atoms with E-state index in [4.69, 9.17) is 0 Å². The quantitative estimate of drug-likeness (QED) is 0.857. The Bertz CT molecular complexity index is 382. The summed E-state index contributed by atoms with van der Waals surface area (Å²) in [7, 11) is 0. The summed E-state index contributed by atoms with van der Waals surface area (Å²) in [6.45, 7) is 10.1. The van der Waals surface area contributed by atoms with Crippen LogP contribution in [0.2, 0.25) is 0 Å². The topological polar surface area (TPSA) is 37.3 Å². The minimum absolute atomic E-state index is 0.273. The van der Waals surface area contributed by atoms with Gasteiger partial charge in [0.2, 0.25) is 0 Å². The molecule has 0 fully saturated rings. The molecule has 2 heteroatoms. The van der Waals surface area contributed by atoms with Gasteiger partial charge < -0.3 is 5.11 Å². The number of aliphatic carboxylic acids is 1. The molecule has 0 radical (unpaired) electrons. The number of carbonyl (C=O) groups is 1. The highest BCUT2D eigenvalue weighted by Crippen LogP contribution is 2.35. The summed E-state index contributed by atoms with van der Waals surface area (Å²) in [4.78, 5) is 11.4. The van der Waals surface area contributed by atoms with Crippen LogP contribution in [0.25, 0.3) is 0 Å². The summed E-state index contributed by atoms with van der Waals surface area (Å²) in [6, 6.07) is 7.95. The highest BCUT2D eigenvalue weighted by Gasteiger charge is 2.32. The van der Waals surface area contributed by atoms with E-state index in [-0.39, 0.29) is 5.41 Å². The second kappa shape index (κ2) is 4.91. The Balaban J connectivity index is 3.09. The normalized spacial score (nSPS) is 13.8. The maximum atomic E-state index is 11.4. The van der Waals surface area contributed by atoms with Gasteiger partial charge in [-0.15, -0.1) is 0 Å². The van der Waals surface area contributed by atoms with E-state index in [9.17, 15) is 9.90 Å². The molecule has 1 unspecified atom stereocenters. The Kier molecular flexibility index (Phi) is 3.97. The molecule has 0 spiro atoms. The fourth-order valence-electron chi connectivity index (χ4n) is 2.09. The van der Waals surface area contributed by atoms with Crippen LogP contribution < -0.4 is 0 Å². The van der Waals surface area contributed by atoms with Gasteiger partial charge in [-0.3, -0.25) is 4.79 Å². The van der Waals surface area contributed by atoms with Crippen LogP contribution in [0, 0.1) is 5.41 Å². The lowest BCUT2D eigenvalue weighted by molar-refractivity contribution is -0.141. The van der Waals surface area contributed by atoms with Crippen LogP contribution in [-0.4, -0.2) is 11.1 Å². The van der Waals surface area contributed by atoms with E-state index < -0.39 is 11.9 Å². The third kappa shape index (κ3) is 3.32. The minimum Gasteiger partial charge on any atom is -0.481 e. The molecule has 1 aromatic rings. The van der Waals surface area contributed by atoms with Crippen molar-refractivity contribution >= 4 is 5.97 Å². The minimum atomic E-state index is -0.755. The molecular weight excluding hydrogens is 212 g/mol. The number of benzene rings is 1. The van der Waals surface area contributed by atoms with Gasteiger partial charge in [-0.05, 0) is 22.5 Å². The highest BCUT2D eigenvalue weighted by atomic mass is 16.4. The SMILES string of the molecule is CC(C)c1ccc(C(C(=O)O)C(C)(C)C)cc1. The summed E-state index contributed by atoms with van der Waals surface area (Å²) < 4.78 is 0. The lowest BCUT2D eigenvalue weighted by atomic mass is 9.76. The molecule has 0 saturated carbocycles. The van der Waals surface area contributed by atoms with Crippen molar-refractivity contribution in [1.29, 1.82) is 0 Å². The monoisotopic (exact) mass is 234 g/mol. The zero-order valence-corrected chi connectivity index (χ0v) is 11.3. The van der Waals surface area contributed by atoms with E-state index in [1.165, 1.54) is 5.56 Å². The molecule has 2 nitrogen and oxygen atoms in total. The average molecular weight is 234 g/mol. The molecule has 0 saturated heterocycles. The molecule has 1 atom stereocenters. The van der Waals surface area contributed by atoms with E-state index in [1.54, 1.807) is 0 Å². The van der Waals surface area contributed by atoms with Crippen molar-refractivity contribution in [2.75, 3.05) is 0 Å². The number of rotatable bonds is 3. The van der Waals surface area contributed by atoms with E-state index in [0.717, 1.165) is 5.56 Å². The van der Waals surface area contributed by atoms with Crippen molar-refractivity contribution in [3.63, 3.8) is 0 Å². The first kappa shape index (κ1) is 13.8. The van der Waals surface area contributed by atoms with E-state index >= 15 is 0 Å². The molecule has 0 aliphatic rings. The van der Waals surface area contributed by atoms with Gasteiger partial charge in [0.05, 0.1) is 5.92 Å². The number of carboxylic acids is 1. The molecule has 0 aromatic heterocycles. The van der Waals surface area contributed by atoms with Crippen LogP contribution in [0.3, 0.4) is 0 Å². The first-order valence-electron chi connectivity index (χ1n) is 6.06. The lowest BCUT2D eigenvalue weighted by Gasteiger charge is -2.27. The highest BCUT2D eigenvalue weighted by molar-refractivity contribution is 5.77. The number of hydrogen-bond acceptors (Lipinski definition) is 1. The van der Waals surface area contributed by atoms with Gasteiger partial charge in [-0.25, -0.2) is 0 Å². The lowest BCUT2D eigenvalue weighted by Crippen LogP contribution is -2.26. The van der Waals surface area contributed by atoms with Crippen LogP contribution in [0.1, 0.15) is 57.6 Å². The van der Waals surface area contributed by atoms with Crippen molar-refractivity contribution in [2.24, 2.45) is 5.41 Å². The van der Waals surface area contributed by atoms with Crippen molar-refractivity contribution in [2.45, 2.75) is 46.5 Å². The first-order valence-corrected chi connectivity index (χ1v) is 6.06. The predicted octanol–water partition coefficient (Wildman–Crippen LogP) is 4.02. The number of carboxylic acid groups (broad SMARTS) is 1. The molecule has 0 bridgehead atoms. The van der Waals surface area contributed by atoms with Crippen molar-refractivity contribution in [3.05, 3.63) is 35.4 Å². The van der Waals surface area contributed by atoms with Gasteiger partial charge in [-0.1, -0.05) is 58.9 Å². The van der Waals surface area contributed by atoms with Gasteiger partial charge in [-0.2, -0.15) is 0 Å². The number of hydrogen-bond donors (Lipinski definition) is 1. The maximum Gasteiger partial charge on any atom is 0.311 e. The van der Waals surface area contributed by atoms with Gasteiger partial charge in [0, 0.05) is 0 Å². The molecule has 1 aromatic carbocycles. The van der Waals surface area contributed by atoms with Crippen LogP contribution in [0.4, 0.5) is 0 Å². The smallest absolute Gasteiger partial charge is 0.311 e. The first-order chi connectivity index (χ1) is 7.73. The van der Waals surface area contributed by atoms with Gasteiger partial charge in [0.1, 0.15) is 0 Å². The molecule has 1 N–H and O–H groups in total. The Morgan fingerprint density at radius 1 is 1.06 bits per heavy atom. The molecule has 17 heavy (non-hydrogen) atoms. The summed E-state index contributed by atoms with van der Waals surface area (Å²) in [5, 5.41) is 9.34. The van der Waals surface area contributed by atoms with E-state index in [2.05, 4.69) is 13.8 Å². The molecule has 94 valence electrons. The Labute approximate surface area is 104 Å². The van der Waals surface area contributed by atoms with Crippen molar-refractivity contribution < 1.29 is 9.90 Å². The zero-order chi connectivity index (χ0) is 13.2. The second-order valence-electron chi connectivity index (χ2n) is 5.96. The van der Waals surface area contributed by atoms with Crippen molar-refractivity contribution in [1.82, 2.24) is 0 Å². The van der Waals surface area contributed by atoms with Crippen LogP contribution >= 0.6 is 0 Å². The van der Waals surface area contributed by atoms with Gasteiger partial charge in [0.15, 0.2) is 0 Å². The van der Waals surface area contributed by atoms with Gasteiger partial charge in [0.25, 0.3) is 0 Å². The molecule has 0 heterocycles. The Morgan fingerprint density at radius 2 is 1.47 bits per heavy atom. The zero-order valence-electron chi connectivity index (χ0n) is 11.3. The molecule has 0 aliphatic heterocycles. The van der Waals surface area contributed by atoms with Crippen LogP contribution in [-0.2, 0) is 4.79 Å². The molecular formula is C15H22O2. The summed E-state index contributed by atoms with van der Waals surface area (Å²) >= 11 is 0. The molecule has 0 aliphatic carbocycles. The third-order valence-electron chi connectivity index (χ3n) is 3.05. The predicted molar refractivity (Wildman–Crippen MR) is 70.4 cm³/mol. The molecule has 0 amide bonds. The maximum absolute atomic E-state index is 11.4. The summed E-state index contributed by atoms with van der Waals surface area (Å²) in [6.07, 6.45) is 0. The third-order valence-corrected chi connectivity index (χ3v) is 3.05. The summed E-state index contributed by atoms with van der Waals surface area (Å²) in [5.74, 6) is -0.736.